The zero-order chi connectivity index (χ0) is 13.1. The van der Waals surface area contributed by atoms with Crippen molar-refractivity contribution in [2.45, 2.75) is 13.5 Å². The molecule has 0 saturated carbocycles. The van der Waals surface area contributed by atoms with Gasteiger partial charge in [0.05, 0.1) is 0 Å². The maximum Gasteiger partial charge on any atom is 0.126 e. The Hall–Kier alpha value is -1.97. The van der Waals surface area contributed by atoms with Crippen molar-refractivity contribution in [1.82, 2.24) is 0 Å². The summed E-state index contributed by atoms with van der Waals surface area (Å²) in [5.41, 5.74) is 1.83. The SMILES string of the molecule is Cc1cc(F)cc(NCc2cc(F)cc(F)c2)c1. The van der Waals surface area contributed by atoms with Crippen LogP contribution in [-0.2, 0) is 6.54 Å². The number of halogens is 3. The Labute approximate surface area is 103 Å². The fraction of sp³-hybridized carbons (Fsp3) is 0.143. The normalized spacial score (nSPS) is 10.4. The van der Waals surface area contributed by atoms with Gasteiger partial charge in [-0.15, -0.1) is 0 Å². The first-order chi connectivity index (χ1) is 8.52. The molecule has 0 heterocycles. The van der Waals surface area contributed by atoms with Crippen LogP contribution in [0.3, 0.4) is 0 Å². The minimum Gasteiger partial charge on any atom is -0.381 e. The minimum atomic E-state index is -0.623. The molecule has 2 aromatic carbocycles. The van der Waals surface area contributed by atoms with E-state index in [0.717, 1.165) is 11.6 Å². The van der Waals surface area contributed by atoms with E-state index in [2.05, 4.69) is 5.32 Å². The molecule has 0 unspecified atom stereocenters. The predicted octanol–water partition coefficient (Wildman–Crippen LogP) is 4.02. The summed E-state index contributed by atoms with van der Waals surface area (Å²) in [6, 6.07) is 7.80. The van der Waals surface area contributed by atoms with Gasteiger partial charge in [0.15, 0.2) is 0 Å². The van der Waals surface area contributed by atoms with E-state index in [-0.39, 0.29) is 12.4 Å². The van der Waals surface area contributed by atoms with Crippen molar-refractivity contribution in [3.63, 3.8) is 0 Å². The van der Waals surface area contributed by atoms with E-state index in [1.165, 1.54) is 24.3 Å². The molecule has 0 bridgehead atoms. The third-order valence-corrected chi connectivity index (χ3v) is 2.46. The molecule has 0 aliphatic heterocycles. The molecule has 94 valence electrons. The lowest BCUT2D eigenvalue weighted by molar-refractivity contribution is 0.580. The Balaban J connectivity index is 2.11. The van der Waals surface area contributed by atoms with E-state index in [1.54, 1.807) is 13.0 Å². The number of benzene rings is 2. The second-order valence-electron chi connectivity index (χ2n) is 4.15. The zero-order valence-electron chi connectivity index (χ0n) is 9.81. The smallest absolute Gasteiger partial charge is 0.126 e. The molecule has 2 aromatic rings. The van der Waals surface area contributed by atoms with Gasteiger partial charge in [0, 0.05) is 18.3 Å². The molecule has 0 saturated heterocycles. The molecule has 0 spiro atoms. The van der Waals surface area contributed by atoms with Crippen LogP contribution in [0, 0.1) is 24.4 Å². The molecule has 0 aliphatic rings. The molecule has 2 rings (SSSR count). The fourth-order valence-corrected chi connectivity index (χ4v) is 1.76. The Morgan fingerprint density at radius 1 is 0.833 bits per heavy atom. The third-order valence-electron chi connectivity index (χ3n) is 2.46. The largest absolute Gasteiger partial charge is 0.381 e. The monoisotopic (exact) mass is 251 g/mol. The third kappa shape index (κ3) is 3.26. The summed E-state index contributed by atoms with van der Waals surface area (Å²) in [7, 11) is 0. The molecule has 0 fully saturated rings. The molecule has 0 amide bonds. The lowest BCUT2D eigenvalue weighted by atomic mass is 10.2. The van der Waals surface area contributed by atoms with E-state index in [4.69, 9.17) is 0 Å². The van der Waals surface area contributed by atoms with Gasteiger partial charge in [-0.2, -0.15) is 0 Å². The number of nitrogens with one attached hydrogen (secondary N) is 1. The van der Waals surface area contributed by atoms with Gasteiger partial charge in [0.2, 0.25) is 0 Å². The average Bonchev–Trinajstić information content (AvgIpc) is 2.23. The predicted molar refractivity (Wildman–Crippen MR) is 64.8 cm³/mol. The molecule has 1 nitrogen and oxygen atoms in total. The fourth-order valence-electron chi connectivity index (χ4n) is 1.76. The van der Waals surface area contributed by atoms with Gasteiger partial charge >= 0.3 is 0 Å². The summed E-state index contributed by atoms with van der Waals surface area (Å²) in [6.07, 6.45) is 0. The quantitative estimate of drug-likeness (QED) is 0.868. The number of hydrogen-bond donors (Lipinski definition) is 1. The van der Waals surface area contributed by atoms with Crippen LogP contribution < -0.4 is 5.32 Å². The van der Waals surface area contributed by atoms with Crippen LogP contribution in [0.5, 0.6) is 0 Å². The highest BCUT2D eigenvalue weighted by Crippen LogP contribution is 2.15. The van der Waals surface area contributed by atoms with E-state index in [1.807, 2.05) is 0 Å². The second kappa shape index (κ2) is 5.12. The van der Waals surface area contributed by atoms with Crippen molar-refractivity contribution >= 4 is 5.69 Å². The molecule has 0 aromatic heterocycles. The first kappa shape index (κ1) is 12.5. The standard InChI is InChI=1S/C14H12F3N/c1-9-2-11(15)7-14(3-9)18-8-10-4-12(16)6-13(17)5-10/h2-7,18H,8H2,1H3. The van der Waals surface area contributed by atoms with E-state index < -0.39 is 11.6 Å². The minimum absolute atomic E-state index is 0.234. The van der Waals surface area contributed by atoms with Crippen LogP contribution in [0.1, 0.15) is 11.1 Å². The van der Waals surface area contributed by atoms with Crippen LogP contribution >= 0.6 is 0 Å². The summed E-state index contributed by atoms with van der Waals surface area (Å²) in [5.74, 6) is -1.59. The van der Waals surface area contributed by atoms with Gasteiger partial charge in [-0.05, 0) is 48.4 Å². The maximum absolute atomic E-state index is 13.1. The molecule has 18 heavy (non-hydrogen) atoms. The van der Waals surface area contributed by atoms with Crippen molar-refractivity contribution in [2.75, 3.05) is 5.32 Å². The summed E-state index contributed by atoms with van der Waals surface area (Å²) >= 11 is 0. The number of hydrogen-bond acceptors (Lipinski definition) is 1. The van der Waals surface area contributed by atoms with Gasteiger partial charge in [-0.1, -0.05) is 0 Å². The van der Waals surface area contributed by atoms with Crippen molar-refractivity contribution in [2.24, 2.45) is 0 Å². The van der Waals surface area contributed by atoms with Crippen molar-refractivity contribution < 1.29 is 13.2 Å². The van der Waals surface area contributed by atoms with Gasteiger partial charge < -0.3 is 5.32 Å². The highest BCUT2D eigenvalue weighted by Gasteiger charge is 2.02. The molecule has 0 aliphatic carbocycles. The Morgan fingerprint density at radius 3 is 2.06 bits per heavy atom. The first-order valence-electron chi connectivity index (χ1n) is 5.49. The van der Waals surface area contributed by atoms with Crippen LogP contribution in [0.2, 0.25) is 0 Å². The van der Waals surface area contributed by atoms with Crippen LogP contribution in [0.15, 0.2) is 36.4 Å². The molecular weight excluding hydrogens is 239 g/mol. The topological polar surface area (TPSA) is 12.0 Å². The lowest BCUT2D eigenvalue weighted by Gasteiger charge is -2.08. The lowest BCUT2D eigenvalue weighted by Crippen LogP contribution is -2.01. The second-order valence-corrected chi connectivity index (χ2v) is 4.15. The van der Waals surface area contributed by atoms with Crippen molar-refractivity contribution in [3.8, 4) is 0 Å². The number of rotatable bonds is 3. The Kier molecular flexibility index (Phi) is 3.55. The van der Waals surface area contributed by atoms with E-state index in [9.17, 15) is 13.2 Å². The maximum atomic E-state index is 13.1. The molecular formula is C14H12F3N. The van der Waals surface area contributed by atoms with Crippen LogP contribution in [0.25, 0.3) is 0 Å². The first-order valence-corrected chi connectivity index (χ1v) is 5.49. The van der Waals surface area contributed by atoms with Crippen molar-refractivity contribution in [3.05, 3.63) is 65.0 Å². The average molecular weight is 251 g/mol. The van der Waals surface area contributed by atoms with E-state index >= 15 is 0 Å². The highest BCUT2D eigenvalue weighted by atomic mass is 19.1. The van der Waals surface area contributed by atoms with Gasteiger partial charge in [0.1, 0.15) is 17.5 Å². The number of anilines is 1. The van der Waals surface area contributed by atoms with E-state index in [0.29, 0.717) is 11.3 Å². The van der Waals surface area contributed by atoms with Gasteiger partial charge in [0.25, 0.3) is 0 Å². The Bertz CT molecular complexity index is 475. The zero-order valence-corrected chi connectivity index (χ0v) is 9.81. The molecule has 0 atom stereocenters. The molecule has 1 N–H and O–H groups in total. The van der Waals surface area contributed by atoms with Crippen molar-refractivity contribution in [1.29, 1.82) is 0 Å². The summed E-state index contributed by atoms with van der Waals surface area (Å²) in [6.45, 7) is 2.01. The molecule has 4 heteroatoms. The van der Waals surface area contributed by atoms with Crippen LogP contribution in [-0.4, -0.2) is 0 Å². The molecule has 0 radical (unpaired) electrons. The summed E-state index contributed by atoms with van der Waals surface area (Å²) < 4.78 is 39.0. The summed E-state index contributed by atoms with van der Waals surface area (Å²) in [4.78, 5) is 0. The Morgan fingerprint density at radius 2 is 1.44 bits per heavy atom. The number of aryl methyl sites for hydroxylation is 1. The van der Waals surface area contributed by atoms with Gasteiger partial charge in [-0.3, -0.25) is 0 Å². The highest BCUT2D eigenvalue weighted by molar-refractivity contribution is 5.46. The van der Waals surface area contributed by atoms with Gasteiger partial charge in [-0.25, -0.2) is 13.2 Å². The summed E-state index contributed by atoms with van der Waals surface area (Å²) in [5, 5.41) is 2.92. The van der Waals surface area contributed by atoms with Crippen LogP contribution in [0.4, 0.5) is 18.9 Å².